The second-order valence-electron chi connectivity index (χ2n) is 5.32. The van der Waals surface area contributed by atoms with Gasteiger partial charge in [-0.3, -0.25) is 10.1 Å². The maximum absolute atomic E-state index is 12.3. The van der Waals surface area contributed by atoms with Gasteiger partial charge in [-0.15, -0.1) is 11.3 Å². The van der Waals surface area contributed by atoms with Crippen LogP contribution in [0.4, 0.5) is 5.13 Å². The highest BCUT2D eigenvalue weighted by molar-refractivity contribution is 7.14. The molecule has 5 nitrogen and oxygen atoms in total. The average Bonchev–Trinajstić information content (AvgIpc) is 3.10. The largest absolute Gasteiger partial charge is 0.298 e. The number of nitrogens with zero attached hydrogens (tertiary/aromatic N) is 3. The van der Waals surface area contributed by atoms with Crippen molar-refractivity contribution in [3.8, 4) is 5.69 Å². The second kappa shape index (κ2) is 5.38. The van der Waals surface area contributed by atoms with Gasteiger partial charge < -0.3 is 0 Å². The number of aromatic nitrogens is 3. The van der Waals surface area contributed by atoms with Crippen LogP contribution >= 0.6 is 11.3 Å². The van der Waals surface area contributed by atoms with Gasteiger partial charge in [-0.2, -0.15) is 5.10 Å². The number of anilines is 1. The quantitative estimate of drug-likeness (QED) is 0.803. The van der Waals surface area contributed by atoms with Crippen molar-refractivity contribution < 1.29 is 4.79 Å². The summed E-state index contributed by atoms with van der Waals surface area (Å²) in [5.41, 5.74) is 2.54. The molecule has 3 aromatic rings. The second-order valence-corrected chi connectivity index (χ2v) is 6.17. The van der Waals surface area contributed by atoms with Crippen LogP contribution in [0.3, 0.4) is 0 Å². The van der Waals surface area contributed by atoms with Gasteiger partial charge in [0.2, 0.25) is 0 Å². The van der Waals surface area contributed by atoms with E-state index in [1.165, 1.54) is 24.2 Å². The molecule has 110 valence electrons. The molecule has 1 aromatic carbocycles. The van der Waals surface area contributed by atoms with Gasteiger partial charge in [-0.05, 0) is 25.0 Å². The van der Waals surface area contributed by atoms with Crippen molar-refractivity contribution in [1.82, 2.24) is 14.8 Å². The lowest BCUT2D eigenvalue weighted by atomic mass is 10.3. The van der Waals surface area contributed by atoms with Crippen LogP contribution in [0, 0.1) is 0 Å². The summed E-state index contributed by atoms with van der Waals surface area (Å²) in [5, 5.41) is 9.75. The van der Waals surface area contributed by atoms with Gasteiger partial charge in [0.05, 0.1) is 23.1 Å². The molecule has 22 heavy (non-hydrogen) atoms. The molecule has 0 aliphatic heterocycles. The molecule has 0 atom stereocenters. The van der Waals surface area contributed by atoms with E-state index in [-0.39, 0.29) is 5.91 Å². The van der Waals surface area contributed by atoms with E-state index in [1.807, 2.05) is 35.7 Å². The van der Waals surface area contributed by atoms with Crippen LogP contribution in [-0.2, 0) is 0 Å². The van der Waals surface area contributed by atoms with E-state index in [2.05, 4.69) is 15.4 Å². The monoisotopic (exact) mass is 310 g/mol. The molecule has 0 unspecified atom stereocenters. The third kappa shape index (κ3) is 2.65. The maximum atomic E-state index is 12.3. The highest BCUT2D eigenvalue weighted by atomic mass is 32.1. The molecule has 1 saturated carbocycles. The number of thiazole rings is 1. The molecule has 0 saturated heterocycles. The van der Waals surface area contributed by atoms with Crippen LogP contribution in [0.2, 0.25) is 0 Å². The van der Waals surface area contributed by atoms with Crippen molar-refractivity contribution >= 4 is 22.4 Å². The molecule has 1 N–H and O–H groups in total. The van der Waals surface area contributed by atoms with Gasteiger partial charge >= 0.3 is 0 Å². The SMILES string of the molecule is O=C(Nc1nc(C2CC2)cs1)c1cnn(-c2ccccc2)c1. The average molecular weight is 310 g/mol. The van der Waals surface area contributed by atoms with E-state index < -0.39 is 0 Å². The first kappa shape index (κ1) is 13.2. The molecular formula is C16H14N4OS. The van der Waals surface area contributed by atoms with E-state index in [0.29, 0.717) is 16.6 Å². The Labute approximate surface area is 131 Å². The summed E-state index contributed by atoms with van der Waals surface area (Å²) in [6.45, 7) is 0. The van der Waals surface area contributed by atoms with E-state index in [1.54, 1.807) is 17.1 Å². The Morgan fingerprint density at radius 1 is 1.27 bits per heavy atom. The molecule has 1 aliphatic rings. The highest BCUT2D eigenvalue weighted by Crippen LogP contribution is 2.40. The van der Waals surface area contributed by atoms with E-state index in [4.69, 9.17) is 0 Å². The Hall–Kier alpha value is -2.47. The lowest BCUT2D eigenvalue weighted by Gasteiger charge is -2.00. The van der Waals surface area contributed by atoms with Crippen LogP contribution in [0.5, 0.6) is 0 Å². The maximum Gasteiger partial charge on any atom is 0.260 e. The molecule has 6 heteroatoms. The zero-order chi connectivity index (χ0) is 14.9. The minimum atomic E-state index is -0.182. The summed E-state index contributed by atoms with van der Waals surface area (Å²) in [6, 6.07) is 9.70. The van der Waals surface area contributed by atoms with Crippen molar-refractivity contribution in [2.75, 3.05) is 5.32 Å². The molecule has 2 aromatic heterocycles. The summed E-state index contributed by atoms with van der Waals surface area (Å²) in [7, 11) is 0. The standard InChI is InChI=1S/C16H14N4OS/c21-15(19-16-18-14(10-22-16)11-6-7-11)12-8-17-20(9-12)13-4-2-1-3-5-13/h1-5,8-11H,6-7H2,(H,18,19,21). The Balaban J connectivity index is 1.49. The predicted octanol–water partition coefficient (Wildman–Crippen LogP) is 3.46. The van der Waals surface area contributed by atoms with Crippen LogP contribution in [-0.4, -0.2) is 20.7 Å². The zero-order valence-corrected chi connectivity index (χ0v) is 12.6. The molecule has 2 heterocycles. The first-order valence-corrected chi connectivity index (χ1v) is 8.04. The Morgan fingerprint density at radius 2 is 2.09 bits per heavy atom. The van der Waals surface area contributed by atoms with Gasteiger partial charge in [-0.1, -0.05) is 18.2 Å². The molecular weight excluding hydrogens is 296 g/mol. The Bertz CT molecular complexity index is 804. The van der Waals surface area contributed by atoms with Gasteiger partial charge in [0.15, 0.2) is 5.13 Å². The fourth-order valence-corrected chi connectivity index (χ4v) is 3.03. The minimum absolute atomic E-state index is 0.182. The van der Waals surface area contributed by atoms with Gasteiger partial charge in [0.1, 0.15) is 0 Å². The number of nitrogens with one attached hydrogen (secondary N) is 1. The van der Waals surface area contributed by atoms with E-state index >= 15 is 0 Å². The fourth-order valence-electron chi connectivity index (χ4n) is 2.24. The smallest absolute Gasteiger partial charge is 0.260 e. The number of hydrogen-bond donors (Lipinski definition) is 1. The first-order chi connectivity index (χ1) is 10.8. The normalized spacial score (nSPS) is 14.0. The Kier molecular flexibility index (Phi) is 3.23. The van der Waals surface area contributed by atoms with Crippen LogP contribution in [0.1, 0.15) is 34.8 Å². The molecule has 0 bridgehead atoms. The lowest BCUT2D eigenvalue weighted by molar-refractivity contribution is 0.102. The van der Waals surface area contributed by atoms with Gasteiger partial charge in [0, 0.05) is 17.5 Å². The summed E-state index contributed by atoms with van der Waals surface area (Å²) < 4.78 is 1.69. The topological polar surface area (TPSA) is 59.8 Å². The van der Waals surface area contributed by atoms with E-state index in [0.717, 1.165) is 11.4 Å². The number of benzene rings is 1. The van der Waals surface area contributed by atoms with Crippen LogP contribution < -0.4 is 5.32 Å². The molecule has 1 aliphatic carbocycles. The fraction of sp³-hybridized carbons (Fsp3) is 0.188. The summed E-state index contributed by atoms with van der Waals surface area (Å²) in [6.07, 6.45) is 5.71. The van der Waals surface area contributed by atoms with Gasteiger partial charge in [0.25, 0.3) is 5.91 Å². The Morgan fingerprint density at radius 3 is 2.86 bits per heavy atom. The van der Waals surface area contributed by atoms with Crippen LogP contribution in [0.25, 0.3) is 5.69 Å². The number of amides is 1. The number of para-hydroxylation sites is 1. The van der Waals surface area contributed by atoms with Crippen molar-refractivity contribution in [1.29, 1.82) is 0 Å². The number of hydrogen-bond acceptors (Lipinski definition) is 4. The van der Waals surface area contributed by atoms with Crippen molar-refractivity contribution in [3.05, 3.63) is 59.4 Å². The van der Waals surface area contributed by atoms with Crippen molar-refractivity contribution in [3.63, 3.8) is 0 Å². The highest BCUT2D eigenvalue weighted by Gasteiger charge is 2.26. The molecule has 1 amide bonds. The van der Waals surface area contributed by atoms with Crippen molar-refractivity contribution in [2.45, 2.75) is 18.8 Å². The third-order valence-electron chi connectivity index (χ3n) is 3.60. The third-order valence-corrected chi connectivity index (χ3v) is 4.38. The summed E-state index contributed by atoms with van der Waals surface area (Å²) >= 11 is 1.47. The predicted molar refractivity (Wildman–Crippen MR) is 85.6 cm³/mol. The van der Waals surface area contributed by atoms with Crippen LogP contribution in [0.15, 0.2) is 48.1 Å². The van der Waals surface area contributed by atoms with Crippen molar-refractivity contribution in [2.24, 2.45) is 0 Å². The number of rotatable bonds is 4. The zero-order valence-electron chi connectivity index (χ0n) is 11.8. The number of carbonyl (C=O) groups excluding carboxylic acids is 1. The molecule has 0 spiro atoms. The molecule has 0 radical (unpaired) electrons. The van der Waals surface area contributed by atoms with Gasteiger partial charge in [-0.25, -0.2) is 9.67 Å². The first-order valence-electron chi connectivity index (χ1n) is 7.16. The number of carbonyl (C=O) groups is 1. The lowest BCUT2D eigenvalue weighted by Crippen LogP contribution is -2.10. The molecule has 1 fully saturated rings. The molecule has 4 rings (SSSR count). The minimum Gasteiger partial charge on any atom is -0.298 e. The summed E-state index contributed by atoms with van der Waals surface area (Å²) in [4.78, 5) is 16.7. The van der Waals surface area contributed by atoms with E-state index in [9.17, 15) is 4.79 Å². The summed E-state index contributed by atoms with van der Waals surface area (Å²) in [5.74, 6) is 0.418.